The third-order valence-electron chi connectivity index (χ3n) is 5.93. The van der Waals surface area contributed by atoms with Crippen LogP contribution in [0, 0.1) is 13.8 Å². The summed E-state index contributed by atoms with van der Waals surface area (Å²) in [5.41, 5.74) is 1.73. The van der Waals surface area contributed by atoms with Crippen molar-refractivity contribution in [1.29, 1.82) is 0 Å². The summed E-state index contributed by atoms with van der Waals surface area (Å²) in [5.74, 6) is -1.34. The Labute approximate surface area is 183 Å². The molecule has 2 aromatic rings. The maximum atomic E-state index is 12.9. The van der Waals surface area contributed by atoms with Crippen LogP contribution in [0.1, 0.15) is 42.0 Å². The highest BCUT2D eigenvalue weighted by atomic mass is 19.4. The topological polar surface area (TPSA) is 95.7 Å². The lowest BCUT2D eigenvalue weighted by Crippen LogP contribution is -2.51. The number of hydrogen-bond donors (Lipinski definition) is 1. The van der Waals surface area contributed by atoms with Crippen molar-refractivity contribution in [1.82, 2.24) is 34.7 Å². The van der Waals surface area contributed by atoms with E-state index < -0.39 is 12.0 Å². The van der Waals surface area contributed by atoms with Crippen molar-refractivity contribution in [3.8, 4) is 0 Å². The second-order valence-electron chi connectivity index (χ2n) is 8.40. The summed E-state index contributed by atoms with van der Waals surface area (Å²) in [4.78, 5) is 36.1. The monoisotopic (exact) mass is 453 g/mol. The number of amides is 2. The number of piperazine rings is 1. The summed E-state index contributed by atoms with van der Waals surface area (Å²) in [6, 6.07) is 0.337. The van der Waals surface area contributed by atoms with Crippen LogP contribution in [-0.4, -0.2) is 80.0 Å². The predicted molar refractivity (Wildman–Crippen MR) is 108 cm³/mol. The van der Waals surface area contributed by atoms with Gasteiger partial charge in [-0.25, -0.2) is 9.50 Å². The fraction of sp³-hybridized carbons (Fsp3) is 0.650. The number of hydrogen-bond acceptors (Lipinski definition) is 6. The van der Waals surface area contributed by atoms with E-state index in [-0.39, 0.29) is 24.0 Å². The van der Waals surface area contributed by atoms with E-state index in [4.69, 9.17) is 0 Å². The zero-order chi connectivity index (χ0) is 23.0. The van der Waals surface area contributed by atoms with Crippen LogP contribution in [0.15, 0.2) is 0 Å². The molecule has 9 nitrogen and oxygen atoms in total. The number of rotatable bonds is 6. The first kappa shape index (κ1) is 22.4. The van der Waals surface area contributed by atoms with Crippen LogP contribution in [0.25, 0.3) is 5.78 Å². The van der Waals surface area contributed by atoms with Crippen molar-refractivity contribution in [3.05, 3.63) is 22.8 Å². The van der Waals surface area contributed by atoms with Crippen LogP contribution in [0.5, 0.6) is 0 Å². The van der Waals surface area contributed by atoms with Gasteiger partial charge in [0.15, 0.2) is 0 Å². The Bertz CT molecular complexity index is 1020. The molecule has 0 radical (unpaired) electrons. The lowest BCUT2D eigenvalue weighted by Gasteiger charge is -2.34. The minimum Gasteiger partial charge on any atom is -0.352 e. The van der Waals surface area contributed by atoms with Crippen LogP contribution in [0.4, 0.5) is 13.2 Å². The van der Waals surface area contributed by atoms with Crippen molar-refractivity contribution in [2.24, 2.45) is 0 Å². The molecule has 2 aliphatic rings. The minimum absolute atomic E-state index is 0.0273. The number of alkyl halides is 3. The molecule has 0 atom stereocenters. The predicted octanol–water partition coefficient (Wildman–Crippen LogP) is 1.12. The smallest absolute Gasteiger partial charge is 0.352 e. The van der Waals surface area contributed by atoms with Gasteiger partial charge in [0.05, 0.1) is 6.54 Å². The van der Waals surface area contributed by atoms with E-state index >= 15 is 0 Å². The van der Waals surface area contributed by atoms with Crippen LogP contribution >= 0.6 is 0 Å². The molecule has 1 N–H and O–H groups in total. The number of carbonyl (C=O) groups excluding carboxylic acids is 2. The number of carbonyl (C=O) groups is 2. The van der Waals surface area contributed by atoms with E-state index in [1.165, 1.54) is 0 Å². The molecule has 2 amide bonds. The largest absolute Gasteiger partial charge is 0.453 e. The summed E-state index contributed by atoms with van der Waals surface area (Å²) in [6.07, 6.45) is -1.97. The van der Waals surface area contributed by atoms with E-state index in [1.807, 2.05) is 4.90 Å². The first-order chi connectivity index (χ1) is 15.1. The molecule has 2 fully saturated rings. The van der Waals surface area contributed by atoms with Gasteiger partial charge in [-0.3, -0.25) is 14.5 Å². The second-order valence-corrected chi connectivity index (χ2v) is 8.40. The summed E-state index contributed by atoms with van der Waals surface area (Å²) in [5, 5.41) is 6.51. The van der Waals surface area contributed by atoms with Gasteiger partial charge in [-0.05, 0) is 38.7 Å². The van der Waals surface area contributed by atoms with E-state index in [9.17, 15) is 22.8 Å². The van der Waals surface area contributed by atoms with Crippen LogP contribution in [-0.2, 0) is 22.2 Å². The number of aromatic nitrogens is 4. The van der Waals surface area contributed by atoms with E-state index in [2.05, 4.69) is 20.4 Å². The maximum absolute atomic E-state index is 12.9. The molecule has 0 bridgehead atoms. The van der Waals surface area contributed by atoms with Gasteiger partial charge in [-0.15, -0.1) is 5.10 Å². The Balaban J connectivity index is 1.33. The Morgan fingerprint density at radius 2 is 1.78 bits per heavy atom. The van der Waals surface area contributed by atoms with Gasteiger partial charge in [-0.1, -0.05) is 0 Å². The second kappa shape index (κ2) is 8.64. The molecule has 32 heavy (non-hydrogen) atoms. The summed E-state index contributed by atoms with van der Waals surface area (Å²) in [7, 11) is 0. The molecular formula is C20H26F3N7O2. The molecule has 12 heteroatoms. The third-order valence-corrected chi connectivity index (χ3v) is 5.93. The normalized spacial score (nSPS) is 17.7. The summed E-state index contributed by atoms with van der Waals surface area (Å²) >= 11 is 0. The first-order valence-corrected chi connectivity index (χ1v) is 10.7. The van der Waals surface area contributed by atoms with Gasteiger partial charge in [0.2, 0.25) is 11.8 Å². The summed E-state index contributed by atoms with van der Waals surface area (Å²) in [6.45, 7) is 6.05. The number of halogens is 3. The van der Waals surface area contributed by atoms with Gasteiger partial charge in [-0.2, -0.15) is 18.2 Å². The molecule has 3 heterocycles. The zero-order valence-electron chi connectivity index (χ0n) is 18.1. The first-order valence-electron chi connectivity index (χ1n) is 10.7. The van der Waals surface area contributed by atoms with Gasteiger partial charge in [0.1, 0.15) is 0 Å². The van der Waals surface area contributed by atoms with E-state index in [0.717, 1.165) is 17.4 Å². The van der Waals surface area contributed by atoms with Crippen molar-refractivity contribution in [3.63, 3.8) is 0 Å². The van der Waals surface area contributed by atoms with Crippen molar-refractivity contribution < 1.29 is 22.8 Å². The van der Waals surface area contributed by atoms with E-state index in [0.29, 0.717) is 62.1 Å². The highest BCUT2D eigenvalue weighted by Crippen LogP contribution is 2.27. The maximum Gasteiger partial charge on any atom is 0.453 e. The fourth-order valence-electron chi connectivity index (χ4n) is 3.94. The Kier molecular flexibility index (Phi) is 6.06. The van der Waals surface area contributed by atoms with Gasteiger partial charge >= 0.3 is 6.18 Å². The SMILES string of the molecule is Cc1nc2nc(C(F)(F)F)nn2c(C)c1CCC(=O)N1CCN(CC(=O)NC2CC2)CC1. The average molecular weight is 453 g/mol. The molecular weight excluding hydrogens is 427 g/mol. The van der Waals surface area contributed by atoms with Crippen molar-refractivity contribution >= 4 is 17.6 Å². The number of aryl methyl sites for hydroxylation is 2. The number of fused-ring (bicyclic) bond motifs is 1. The molecule has 4 rings (SSSR count). The lowest BCUT2D eigenvalue weighted by atomic mass is 10.1. The number of nitrogens with one attached hydrogen (secondary N) is 1. The third kappa shape index (κ3) is 5.00. The molecule has 0 spiro atoms. The molecule has 2 aromatic heterocycles. The van der Waals surface area contributed by atoms with Crippen molar-refractivity contribution in [2.45, 2.75) is 51.7 Å². The van der Waals surface area contributed by atoms with Gasteiger partial charge in [0, 0.05) is 50.0 Å². The van der Waals surface area contributed by atoms with Crippen LogP contribution in [0.2, 0.25) is 0 Å². The molecule has 1 aliphatic heterocycles. The standard InChI is InChI=1S/C20H26F3N7O2/c1-12-15(13(2)30-19(24-12)26-18(27-30)20(21,22)23)5-6-17(32)29-9-7-28(8-10-29)11-16(31)25-14-3-4-14/h14H,3-11H2,1-2H3,(H,25,31). The Hall–Kier alpha value is -2.76. The lowest BCUT2D eigenvalue weighted by molar-refractivity contribution is -0.144. The quantitative estimate of drug-likeness (QED) is 0.704. The molecule has 0 unspecified atom stereocenters. The molecule has 1 saturated carbocycles. The Morgan fingerprint density at radius 3 is 2.41 bits per heavy atom. The Morgan fingerprint density at radius 1 is 1.09 bits per heavy atom. The van der Waals surface area contributed by atoms with Crippen LogP contribution < -0.4 is 5.32 Å². The highest BCUT2D eigenvalue weighted by molar-refractivity contribution is 5.79. The minimum atomic E-state index is -4.65. The molecule has 0 aromatic carbocycles. The van der Waals surface area contributed by atoms with Crippen LogP contribution in [0.3, 0.4) is 0 Å². The average Bonchev–Trinajstić information content (AvgIpc) is 3.41. The van der Waals surface area contributed by atoms with Gasteiger partial charge in [0.25, 0.3) is 11.6 Å². The van der Waals surface area contributed by atoms with E-state index in [1.54, 1.807) is 18.7 Å². The zero-order valence-corrected chi connectivity index (χ0v) is 18.1. The fourth-order valence-corrected chi connectivity index (χ4v) is 3.94. The number of nitrogens with zero attached hydrogens (tertiary/aromatic N) is 6. The van der Waals surface area contributed by atoms with Gasteiger partial charge < -0.3 is 10.2 Å². The molecule has 174 valence electrons. The summed E-state index contributed by atoms with van der Waals surface area (Å²) < 4.78 is 39.9. The molecule has 1 saturated heterocycles. The molecule has 1 aliphatic carbocycles. The van der Waals surface area contributed by atoms with Crippen molar-refractivity contribution in [2.75, 3.05) is 32.7 Å². The highest BCUT2D eigenvalue weighted by Gasteiger charge is 2.37.